The third-order valence-electron chi connectivity index (χ3n) is 12.1. The summed E-state index contributed by atoms with van der Waals surface area (Å²) in [7, 11) is 1.97. The van der Waals surface area contributed by atoms with Gasteiger partial charge in [0, 0.05) is 41.4 Å². The van der Waals surface area contributed by atoms with Crippen LogP contribution >= 0.6 is 21.6 Å². The Balaban J connectivity index is 1.58. The molecule has 15 N–H and O–H groups in total. The van der Waals surface area contributed by atoms with Gasteiger partial charge in [0.2, 0.25) is 41.4 Å². The van der Waals surface area contributed by atoms with Crippen molar-refractivity contribution >= 4 is 79.8 Å². The van der Waals surface area contributed by atoms with Crippen molar-refractivity contribution in [3.63, 3.8) is 0 Å². The normalized spacial score (nSPS) is 22.1. The molecule has 5 rings (SSSR count). The lowest BCUT2D eigenvalue weighted by atomic mass is 10.00. The number of unbranched alkanes of at least 4 members (excludes halogenated alkanes) is 1. The molecule has 0 unspecified atom stereocenters. The number of aromatic hydroxyl groups is 1. The minimum atomic E-state index is -1.77. The van der Waals surface area contributed by atoms with Crippen molar-refractivity contribution in [2.45, 2.75) is 114 Å². The summed E-state index contributed by atoms with van der Waals surface area (Å²) in [6.45, 7) is 4.73. The number of benzene rings is 3. The van der Waals surface area contributed by atoms with Crippen LogP contribution < -0.4 is 48.7 Å². The van der Waals surface area contributed by atoms with E-state index in [1.165, 1.54) is 12.1 Å². The standard InChI is InChI=1S/C50H66N10O11S2/c1-27(2)41-49(69)58-40(48(68)60-42(28(3)61)50(70)71)26-73-72-25-39(57-43(63)34(52)21-29-11-5-4-6-12-29)47(67)55-37(22-30-16-18-32(62)19-17-30)45(65)56-38(23-31-24-53-35-14-8-7-13-33(31)35)46(66)54-36(44(64)59-41)15-9-10-20-51/h4-8,11-14,16-19,24,27-28,34,36-42,53,61-62H,9-10,15,20-23,25-26,51-52H2,1-3H3,(H,54,66)(H,55,67)(H,56,65)(H,57,63)(H,58,69)(H,59,64)(H,60,68)(H,70,71)/t28-,34-,36+,37+,38-,39+,40+,41+,42+/m1/s1. The summed E-state index contributed by atoms with van der Waals surface area (Å²) in [5.41, 5.74) is 14.8. The SMILES string of the molecule is CC(C)[C@@H]1NC(=O)[C@H](CCCCN)NC(=O)[C@@H](Cc2c[nH]c3ccccc23)NC(=O)[C@H](Cc2ccc(O)cc2)NC(=O)[C@@H](NC(=O)[C@H](N)Cc2ccccc2)CSSC[C@@H](C(=O)N[C@H](C(=O)O)[C@@H](C)O)NC1=O. The van der Waals surface area contributed by atoms with Gasteiger partial charge in [-0.15, -0.1) is 0 Å². The number of aromatic nitrogens is 1. The molecule has 3 aromatic carbocycles. The fourth-order valence-corrected chi connectivity index (χ4v) is 10.2. The van der Waals surface area contributed by atoms with E-state index in [1.54, 1.807) is 62.5 Å². The Bertz CT molecular complexity index is 2530. The number of phenolic OH excluding ortho intramolecular Hbond substituents is 1. The maximum atomic E-state index is 14.8. The number of carboxylic acids is 1. The summed E-state index contributed by atoms with van der Waals surface area (Å²) in [5.74, 6) is -8.38. The number of carbonyl (C=O) groups is 8. The largest absolute Gasteiger partial charge is 0.508 e. The number of hydrogen-bond donors (Lipinski definition) is 13. The number of nitrogens with two attached hydrogens (primary N) is 2. The van der Waals surface area contributed by atoms with Crippen molar-refractivity contribution in [1.29, 1.82) is 0 Å². The smallest absolute Gasteiger partial charge is 0.328 e. The van der Waals surface area contributed by atoms with Gasteiger partial charge in [-0.2, -0.15) is 0 Å². The summed E-state index contributed by atoms with van der Waals surface area (Å²) in [6.07, 6.45) is 0.912. The Morgan fingerprint density at radius 1 is 0.726 bits per heavy atom. The molecule has 1 aromatic heterocycles. The number of aliphatic hydroxyl groups excluding tert-OH is 1. The average molecular weight is 1050 g/mol. The van der Waals surface area contributed by atoms with Crippen LogP contribution in [0, 0.1) is 5.92 Å². The van der Waals surface area contributed by atoms with Gasteiger partial charge >= 0.3 is 5.97 Å². The molecule has 0 saturated carbocycles. The number of aliphatic hydroxyl groups is 1. The number of aliphatic carboxylic acids is 1. The van der Waals surface area contributed by atoms with Crippen molar-refractivity contribution in [3.05, 3.63) is 102 Å². The molecule has 4 aromatic rings. The Morgan fingerprint density at radius 2 is 1.34 bits per heavy atom. The first-order valence-electron chi connectivity index (χ1n) is 23.9. The molecule has 7 amide bonds. The van der Waals surface area contributed by atoms with Crippen LogP contribution in [0.15, 0.2) is 85.1 Å². The fraction of sp³-hybridized carbons (Fsp3) is 0.440. The van der Waals surface area contributed by atoms with Crippen LogP contribution in [0.2, 0.25) is 0 Å². The number of H-pyrrole nitrogens is 1. The van der Waals surface area contributed by atoms with E-state index in [0.29, 0.717) is 24.0 Å². The number of para-hydroxylation sites is 1. The van der Waals surface area contributed by atoms with Crippen LogP contribution in [0.5, 0.6) is 5.75 Å². The number of carbonyl (C=O) groups excluding carboxylic acids is 7. The van der Waals surface area contributed by atoms with E-state index in [2.05, 4.69) is 42.2 Å². The van der Waals surface area contributed by atoms with Crippen molar-refractivity contribution < 1.29 is 53.7 Å². The zero-order valence-corrected chi connectivity index (χ0v) is 42.4. The highest BCUT2D eigenvalue weighted by atomic mass is 33.1. The van der Waals surface area contributed by atoms with Gasteiger partial charge in [-0.3, -0.25) is 33.6 Å². The monoisotopic (exact) mass is 1050 g/mol. The van der Waals surface area contributed by atoms with Gasteiger partial charge in [0.15, 0.2) is 6.04 Å². The molecule has 394 valence electrons. The Labute approximate surface area is 430 Å². The highest BCUT2D eigenvalue weighted by Gasteiger charge is 2.37. The van der Waals surface area contributed by atoms with Gasteiger partial charge in [0.1, 0.15) is 42.0 Å². The molecule has 9 atom stereocenters. The van der Waals surface area contributed by atoms with Crippen LogP contribution in [0.1, 0.15) is 56.7 Å². The molecule has 73 heavy (non-hydrogen) atoms. The minimum Gasteiger partial charge on any atom is -0.508 e. The molecule has 0 radical (unpaired) electrons. The first kappa shape index (κ1) is 57.2. The first-order chi connectivity index (χ1) is 34.8. The number of aromatic amines is 1. The Hall–Kier alpha value is -6.66. The van der Waals surface area contributed by atoms with E-state index in [0.717, 1.165) is 45.0 Å². The summed E-state index contributed by atoms with van der Waals surface area (Å²) >= 11 is 0. The highest BCUT2D eigenvalue weighted by molar-refractivity contribution is 8.76. The molecule has 1 fully saturated rings. The fourth-order valence-electron chi connectivity index (χ4n) is 7.92. The maximum Gasteiger partial charge on any atom is 0.328 e. The third kappa shape index (κ3) is 17.2. The first-order valence-corrected chi connectivity index (χ1v) is 26.4. The van der Waals surface area contributed by atoms with E-state index in [1.807, 2.05) is 24.3 Å². The predicted molar refractivity (Wildman–Crippen MR) is 277 cm³/mol. The molecule has 2 heterocycles. The highest BCUT2D eigenvalue weighted by Crippen LogP contribution is 2.25. The second-order valence-corrected chi connectivity index (χ2v) is 20.7. The Kier molecular flexibility index (Phi) is 21.9. The summed E-state index contributed by atoms with van der Waals surface area (Å²) in [6, 6.07) is 11.0. The maximum absolute atomic E-state index is 14.8. The predicted octanol–water partition coefficient (Wildman–Crippen LogP) is 0.268. The summed E-state index contributed by atoms with van der Waals surface area (Å²) in [5, 5.41) is 49.5. The molecule has 0 aliphatic carbocycles. The van der Waals surface area contributed by atoms with Gasteiger partial charge in [0.05, 0.1) is 12.1 Å². The zero-order chi connectivity index (χ0) is 53.2. The van der Waals surface area contributed by atoms with Crippen molar-refractivity contribution in [2.75, 3.05) is 18.1 Å². The van der Waals surface area contributed by atoms with E-state index < -0.39 is 108 Å². The topological polar surface area (TPSA) is 349 Å². The molecule has 0 bridgehead atoms. The van der Waals surface area contributed by atoms with Gasteiger partial charge in [-0.1, -0.05) is 96.1 Å². The molecule has 23 heteroatoms. The van der Waals surface area contributed by atoms with Crippen molar-refractivity contribution in [1.82, 2.24) is 42.2 Å². The van der Waals surface area contributed by atoms with E-state index in [-0.39, 0.29) is 49.5 Å². The number of nitrogens with one attached hydrogen (secondary N) is 8. The number of amides is 7. The number of phenols is 1. The van der Waals surface area contributed by atoms with Crippen LogP contribution in [-0.2, 0) is 57.6 Å². The molecule has 0 spiro atoms. The number of rotatable bonds is 17. The van der Waals surface area contributed by atoms with Gasteiger partial charge < -0.3 is 69.0 Å². The summed E-state index contributed by atoms with van der Waals surface area (Å²) < 4.78 is 0. The molecular formula is C50H66N10O11S2. The van der Waals surface area contributed by atoms with Crippen molar-refractivity contribution in [3.8, 4) is 5.75 Å². The van der Waals surface area contributed by atoms with E-state index >= 15 is 0 Å². The van der Waals surface area contributed by atoms with Gasteiger partial charge in [-0.05, 0) is 80.0 Å². The lowest BCUT2D eigenvalue weighted by molar-refractivity contribution is -0.145. The average Bonchev–Trinajstić information content (AvgIpc) is 3.76. The number of hydrogen-bond acceptors (Lipinski definition) is 14. The third-order valence-corrected chi connectivity index (χ3v) is 14.5. The number of fused-ring (bicyclic) bond motifs is 1. The second kappa shape index (κ2) is 28.0. The molecular weight excluding hydrogens is 981 g/mol. The number of carboxylic acid groups (broad SMARTS) is 1. The molecule has 1 saturated heterocycles. The van der Waals surface area contributed by atoms with Gasteiger partial charge in [0.25, 0.3) is 0 Å². The Morgan fingerprint density at radius 3 is 2.00 bits per heavy atom. The molecule has 1 aliphatic rings. The van der Waals surface area contributed by atoms with Gasteiger partial charge in [-0.25, -0.2) is 4.79 Å². The van der Waals surface area contributed by atoms with Crippen LogP contribution in [0.3, 0.4) is 0 Å². The van der Waals surface area contributed by atoms with E-state index in [9.17, 15) is 53.7 Å². The minimum absolute atomic E-state index is 0.0539. The molecule has 21 nitrogen and oxygen atoms in total. The quantitative estimate of drug-likeness (QED) is 0.0499. The molecule has 1 aliphatic heterocycles. The zero-order valence-electron chi connectivity index (χ0n) is 40.8. The lowest BCUT2D eigenvalue weighted by Crippen LogP contribution is -2.62. The van der Waals surface area contributed by atoms with E-state index in [4.69, 9.17) is 11.5 Å². The van der Waals surface area contributed by atoms with Crippen LogP contribution in [0.25, 0.3) is 10.9 Å². The van der Waals surface area contributed by atoms with Crippen molar-refractivity contribution in [2.24, 2.45) is 17.4 Å². The van der Waals surface area contributed by atoms with Crippen LogP contribution in [-0.4, -0.2) is 140 Å². The summed E-state index contributed by atoms with van der Waals surface area (Å²) in [4.78, 5) is 115. The second-order valence-electron chi connectivity index (χ2n) is 18.2. The lowest BCUT2D eigenvalue weighted by Gasteiger charge is -2.29. The van der Waals surface area contributed by atoms with Crippen LogP contribution in [0.4, 0.5) is 0 Å².